The number of hydrogen-bond acceptors (Lipinski definition) is 4. The van der Waals surface area contributed by atoms with Crippen molar-refractivity contribution in [1.29, 1.82) is 0 Å². The van der Waals surface area contributed by atoms with Crippen LogP contribution in [0.25, 0.3) is 0 Å². The second-order valence-corrected chi connectivity index (χ2v) is 14.0. The standard InChI is InChI=1S/C30H50O4/c1-19(8-13-27(32)34-28(3,4)5)24-11-12-25-23-10-9-21-18-22(33-20(2)31)14-16-29(21,6)26(23)15-17-30(24,25)7/h19,21-26H,8-18H2,1-7H3/t19?,21?,22-,23?,24?,25?,26?,29+,30-/m1/s1. The Balaban J connectivity index is 1.40. The molecule has 0 aromatic carbocycles. The van der Waals surface area contributed by atoms with Crippen molar-refractivity contribution in [2.45, 2.75) is 131 Å². The van der Waals surface area contributed by atoms with Crippen LogP contribution in [-0.4, -0.2) is 23.6 Å². The molecule has 34 heavy (non-hydrogen) atoms. The summed E-state index contributed by atoms with van der Waals surface area (Å²) in [5.74, 6) is 4.38. The van der Waals surface area contributed by atoms with E-state index < -0.39 is 5.60 Å². The molecule has 4 aliphatic rings. The summed E-state index contributed by atoms with van der Waals surface area (Å²) in [5.41, 5.74) is 0.448. The van der Waals surface area contributed by atoms with E-state index in [2.05, 4.69) is 20.8 Å². The zero-order valence-corrected chi connectivity index (χ0v) is 23.0. The van der Waals surface area contributed by atoms with Gasteiger partial charge in [-0.25, -0.2) is 0 Å². The third kappa shape index (κ3) is 4.94. The van der Waals surface area contributed by atoms with Crippen molar-refractivity contribution in [2.75, 3.05) is 0 Å². The Kier molecular flexibility index (Phi) is 7.22. The number of fused-ring (bicyclic) bond motifs is 5. The van der Waals surface area contributed by atoms with Crippen LogP contribution >= 0.6 is 0 Å². The van der Waals surface area contributed by atoms with E-state index in [9.17, 15) is 9.59 Å². The molecule has 0 aromatic rings. The van der Waals surface area contributed by atoms with Crippen LogP contribution in [0.1, 0.15) is 119 Å². The Hall–Kier alpha value is -1.06. The number of carbonyl (C=O) groups excluding carboxylic acids is 2. The van der Waals surface area contributed by atoms with Gasteiger partial charge in [-0.05, 0) is 131 Å². The summed E-state index contributed by atoms with van der Waals surface area (Å²) in [6.07, 6.45) is 13.0. The summed E-state index contributed by atoms with van der Waals surface area (Å²) < 4.78 is 11.2. The fourth-order valence-electron chi connectivity index (χ4n) is 9.47. The minimum absolute atomic E-state index is 0.0432. The average molecular weight is 475 g/mol. The highest BCUT2D eigenvalue weighted by molar-refractivity contribution is 5.69. The largest absolute Gasteiger partial charge is 0.463 e. The van der Waals surface area contributed by atoms with Gasteiger partial charge in [-0.3, -0.25) is 9.59 Å². The molecule has 0 bridgehead atoms. The van der Waals surface area contributed by atoms with Crippen LogP contribution < -0.4 is 0 Å². The second kappa shape index (κ2) is 9.43. The van der Waals surface area contributed by atoms with Crippen molar-refractivity contribution < 1.29 is 19.1 Å². The zero-order valence-electron chi connectivity index (χ0n) is 23.0. The molecule has 0 aromatic heterocycles. The smallest absolute Gasteiger partial charge is 0.306 e. The first-order valence-electron chi connectivity index (χ1n) is 14.2. The van der Waals surface area contributed by atoms with E-state index in [0.717, 1.165) is 42.9 Å². The van der Waals surface area contributed by atoms with Crippen molar-refractivity contribution in [3.05, 3.63) is 0 Å². The predicted molar refractivity (Wildman–Crippen MR) is 135 cm³/mol. The number of esters is 2. The van der Waals surface area contributed by atoms with Crippen LogP contribution in [0, 0.1) is 46.3 Å². The average Bonchev–Trinajstić information content (AvgIpc) is 3.08. The maximum absolute atomic E-state index is 12.3. The molecule has 0 N–H and O–H groups in total. The van der Waals surface area contributed by atoms with Crippen LogP contribution in [-0.2, 0) is 19.1 Å². The molecule has 0 aliphatic heterocycles. The van der Waals surface area contributed by atoms with Crippen LogP contribution in [0.15, 0.2) is 0 Å². The minimum Gasteiger partial charge on any atom is -0.463 e. The molecular weight excluding hydrogens is 424 g/mol. The van der Waals surface area contributed by atoms with Crippen molar-refractivity contribution in [2.24, 2.45) is 46.3 Å². The molecule has 4 saturated carbocycles. The minimum atomic E-state index is -0.393. The molecule has 6 unspecified atom stereocenters. The van der Waals surface area contributed by atoms with Gasteiger partial charge in [-0.2, -0.15) is 0 Å². The molecule has 0 spiro atoms. The van der Waals surface area contributed by atoms with Gasteiger partial charge in [0.25, 0.3) is 0 Å². The lowest BCUT2D eigenvalue weighted by molar-refractivity contribution is -0.160. The SMILES string of the molecule is CC(=O)O[C@@H]1CC[C@@]2(C)C(CCC3C4CCC(C(C)CCC(=O)OC(C)(C)C)[C@@]4(C)CCC32)C1. The fourth-order valence-corrected chi connectivity index (χ4v) is 9.47. The lowest BCUT2D eigenvalue weighted by Gasteiger charge is -2.61. The van der Waals surface area contributed by atoms with Gasteiger partial charge in [-0.1, -0.05) is 20.8 Å². The topological polar surface area (TPSA) is 52.6 Å². The highest BCUT2D eigenvalue weighted by atomic mass is 16.6. The summed E-state index contributed by atoms with van der Waals surface area (Å²) in [5, 5.41) is 0. The molecule has 0 saturated heterocycles. The van der Waals surface area contributed by atoms with Gasteiger partial charge in [0.05, 0.1) is 0 Å². The van der Waals surface area contributed by atoms with Gasteiger partial charge in [0.15, 0.2) is 0 Å². The molecule has 4 nitrogen and oxygen atoms in total. The summed E-state index contributed by atoms with van der Waals surface area (Å²) in [4.78, 5) is 23.9. The molecule has 0 heterocycles. The van der Waals surface area contributed by atoms with Gasteiger partial charge in [0, 0.05) is 13.3 Å². The fraction of sp³-hybridized carbons (Fsp3) is 0.933. The van der Waals surface area contributed by atoms with Crippen LogP contribution in [0.4, 0.5) is 0 Å². The van der Waals surface area contributed by atoms with E-state index in [1.165, 1.54) is 44.9 Å². The second-order valence-electron chi connectivity index (χ2n) is 14.0. The van der Waals surface area contributed by atoms with E-state index >= 15 is 0 Å². The summed E-state index contributed by atoms with van der Waals surface area (Å²) in [6, 6.07) is 0. The van der Waals surface area contributed by atoms with Crippen LogP contribution in [0.3, 0.4) is 0 Å². The molecule has 4 fully saturated rings. The monoisotopic (exact) mass is 474 g/mol. The van der Waals surface area contributed by atoms with Gasteiger partial charge >= 0.3 is 11.9 Å². The molecule has 4 heteroatoms. The molecule has 194 valence electrons. The third-order valence-corrected chi connectivity index (χ3v) is 10.9. The van der Waals surface area contributed by atoms with Gasteiger partial charge in [0.1, 0.15) is 11.7 Å². The first kappa shape index (κ1) is 26.0. The van der Waals surface area contributed by atoms with Gasteiger partial charge in [-0.15, -0.1) is 0 Å². The number of hydrogen-bond donors (Lipinski definition) is 0. The normalized spacial score (nSPS) is 42.7. The molecular formula is C30H50O4. The van der Waals surface area contributed by atoms with Crippen molar-refractivity contribution >= 4 is 11.9 Å². The van der Waals surface area contributed by atoms with Crippen molar-refractivity contribution in [3.8, 4) is 0 Å². The Morgan fingerprint density at radius 2 is 1.62 bits per heavy atom. The maximum Gasteiger partial charge on any atom is 0.306 e. The molecule has 0 amide bonds. The van der Waals surface area contributed by atoms with E-state index in [0.29, 0.717) is 29.1 Å². The molecule has 4 rings (SSSR count). The van der Waals surface area contributed by atoms with Gasteiger partial charge in [0.2, 0.25) is 0 Å². The van der Waals surface area contributed by atoms with Crippen LogP contribution in [0.5, 0.6) is 0 Å². The van der Waals surface area contributed by atoms with Crippen molar-refractivity contribution in [1.82, 2.24) is 0 Å². The van der Waals surface area contributed by atoms with Crippen LogP contribution in [0.2, 0.25) is 0 Å². The number of ether oxygens (including phenoxy) is 2. The Bertz CT molecular complexity index is 768. The Morgan fingerprint density at radius 1 is 0.941 bits per heavy atom. The molecule has 0 radical (unpaired) electrons. The van der Waals surface area contributed by atoms with E-state index in [4.69, 9.17) is 9.47 Å². The lowest BCUT2D eigenvalue weighted by atomic mass is 9.44. The molecule has 4 aliphatic carbocycles. The summed E-state index contributed by atoms with van der Waals surface area (Å²) in [6.45, 7) is 15.0. The highest BCUT2D eigenvalue weighted by Crippen LogP contribution is 2.68. The predicted octanol–water partition coefficient (Wildman–Crippen LogP) is 7.34. The Morgan fingerprint density at radius 3 is 2.29 bits per heavy atom. The van der Waals surface area contributed by atoms with E-state index in [-0.39, 0.29) is 18.0 Å². The quantitative estimate of drug-likeness (QED) is 0.391. The maximum atomic E-state index is 12.3. The lowest BCUT2D eigenvalue weighted by Crippen LogP contribution is -2.54. The first-order chi connectivity index (χ1) is 15.8. The number of carbonyl (C=O) groups is 2. The zero-order chi connectivity index (χ0) is 24.9. The van der Waals surface area contributed by atoms with E-state index in [1.54, 1.807) is 6.92 Å². The van der Waals surface area contributed by atoms with Gasteiger partial charge < -0.3 is 9.47 Å². The summed E-state index contributed by atoms with van der Waals surface area (Å²) >= 11 is 0. The van der Waals surface area contributed by atoms with Crippen molar-refractivity contribution in [3.63, 3.8) is 0 Å². The first-order valence-corrected chi connectivity index (χ1v) is 14.2. The highest BCUT2D eigenvalue weighted by Gasteiger charge is 2.60. The third-order valence-electron chi connectivity index (χ3n) is 10.9. The Labute approximate surface area is 208 Å². The summed E-state index contributed by atoms with van der Waals surface area (Å²) in [7, 11) is 0. The molecule has 9 atom stereocenters. The van der Waals surface area contributed by atoms with E-state index in [1.807, 2.05) is 20.8 Å². The number of rotatable bonds is 5.